The van der Waals surface area contributed by atoms with E-state index in [0.29, 0.717) is 0 Å². The molecule has 3 nitrogen and oxygen atoms in total. The lowest BCUT2D eigenvalue weighted by molar-refractivity contribution is 0.686. The van der Waals surface area contributed by atoms with Crippen molar-refractivity contribution in [3.8, 4) is 5.69 Å². The highest BCUT2D eigenvalue weighted by Gasteiger charge is 2.15. The van der Waals surface area contributed by atoms with Crippen LogP contribution in [0.1, 0.15) is 48.6 Å². The van der Waals surface area contributed by atoms with Crippen molar-refractivity contribution >= 4 is 5.69 Å². The highest BCUT2D eigenvalue weighted by atomic mass is 15.3. The van der Waals surface area contributed by atoms with Gasteiger partial charge in [0.25, 0.3) is 0 Å². The van der Waals surface area contributed by atoms with Crippen molar-refractivity contribution < 1.29 is 0 Å². The zero-order valence-electron chi connectivity index (χ0n) is 15.5. The van der Waals surface area contributed by atoms with E-state index in [2.05, 4.69) is 64.5 Å². The maximum Gasteiger partial charge on any atom is 0.0648 e. The van der Waals surface area contributed by atoms with Gasteiger partial charge < -0.3 is 5.32 Å². The predicted octanol–water partition coefficient (Wildman–Crippen LogP) is 5.32. The van der Waals surface area contributed by atoms with Crippen molar-refractivity contribution in [2.45, 2.75) is 52.0 Å². The minimum Gasteiger partial charge on any atom is -0.381 e. The molecule has 0 saturated carbocycles. The average molecular weight is 345 g/mol. The van der Waals surface area contributed by atoms with Gasteiger partial charge in [0.15, 0.2) is 0 Å². The number of fused-ring (bicyclic) bond motifs is 1. The highest BCUT2D eigenvalue weighted by Crippen LogP contribution is 2.28. The van der Waals surface area contributed by atoms with Gasteiger partial charge >= 0.3 is 0 Å². The highest BCUT2D eigenvalue weighted by molar-refractivity contribution is 5.56. The van der Waals surface area contributed by atoms with E-state index in [4.69, 9.17) is 0 Å². The van der Waals surface area contributed by atoms with Gasteiger partial charge in [0, 0.05) is 23.5 Å². The summed E-state index contributed by atoms with van der Waals surface area (Å²) in [5.41, 5.74) is 8.10. The molecule has 0 aliphatic heterocycles. The second-order valence-electron chi connectivity index (χ2n) is 7.12. The van der Waals surface area contributed by atoms with Gasteiger partial charge in [-0.15, -0.1) is 0 Å². The van der Waals surface area contributed by atoms with Crippen LogP contribution < -0.4 is 5.32 Å². The number of anilines is 1. The Morgan fingerprint density at radius 3 is 2.69 bits per heavy atom. The SMILES string of the molecule is CCCc1c(CNc2cccc3c2CCCC3)cnn1-c1ccccc1. The Balaban J connectivity index is 1.58. The number of rotatable bonds is 6. The molecule has 0 atom stereocenters. The fraction of sp³-hybridized carbons (Fsp3) is 0.348. The Labute approximate surface area is 156 Å². The van der Waals surface area contributed by atoms with E-state index in [9.17, 15) is 0 Å². The molecule has 3 aromatic rings. The Kier molecular flexibility index (Phi) is 5.05. The van der Waals surface area contributed by atoms with Crippen LogP contribution in [-0.4, -0.2) is 9.78 Å². The maximum absolute atomic E-state index is 4.68. The van der Waals surface area contributed by atoms with Crippen LogP contribution in [0.15, 0.2) is 54.7 Å². The first-order valence-corrected chi connectivity index (χ1v) is 9.82. The molecule has 0 fully saturated rings. The largest absolute Gasteiger partial charge is 0.381 e. The summed E-state index contributed by atoms with van der Waals surface area (Å²) in [6.07, 6.45) is 9.23. The van der Waals surface area contributed by atoms with Gasteiger partial charge in [-0.1, -0.05) is 43.7 Å². The second-order valence-corrected chi connectivity index (χ2v) is 7.12. The smallest absolute Gasteiger partial charge is 0.0648 e. The van der Waals surface area contributed by atoms with E-state index in [1.54, 1.807) is 0 Å². The van der Waals surface area contributed by atoms with E-state index in [-0.39, 0.29) is 0 Å². The number of para-hydroxylation sites is 1. The molecule has 0 bridgehead atoms. The second kappa shape index (κ2) is 7.77. The summed E-state index contributed by atoms with van der Waals surface area (Å²) in [6, 6.07) is 17.1. The molecule has 0 amide bonds. The summed E-state index contributed by atoms with van der Waals surface area (Å²) < 4.78 is 2.10. The average Bonchev–Trinajstić information content (AvgIpc) is 3.10. The molecule has 3 heteroatoms. The predicted molar refractivity (Wildman–Crippen MR) is 108 cm³/mol. The summed E-state index contributed by atoms with van der Waals surface area (Å²) in [5, 5.41) is 8.38. The number of benzene rings is 2. The van der Waals surface area contributed by atoms with Crippen LogP contribution >= 0.6 is 0 Å². The van der Waals surface area contributed by atoms with Crippen LogP contribution in [0.2, 0.25) is 0 Å². The molecule has 134 valence electrons. The van der Waals surface area contributed by atoms with E-state index < -0.39 is 0 Å². The molecule has 0 saturated heterocycles. The lowest BCUT2D eigenvalue weighted by atomic mass is 9.90. The number of nitrogens with zero attached hydrogens (tertiary/aromatic N) is 2. The van der Waals surface area contributed by atoms with Crippen molar-refractivity contribution in [1.29, 1.82) is 0 Å². The number of hydrogen-bond acceptors (Lipinski definition) is 2. The van der Waals surface area contributed by atoms with Gasteiger partial charge in [-0.25, -0.2) is 4.68 Å². The third-order valence-electron chi connectivity index (χ3n) is 5.31. The lowest BCUT2D eigenvalue weighted by Crippen LogP contribution is -2.10. The molecule has 2 aromatic carbocycles. The molecule has 0 spiro atoms. The van der Waals surface area contributed by atoms with Gasteiger partial charge in [0.2, 0.25) is 0 Å². The van der Waals surface area contributed by atoms with Crippen LogP contribution in [0.4, 0.5) is 5.69 Å². The molecule has 1 aliphatic rings. The normalized spacial score (nSPS) is 13.4. The first-order chi connectivity index (χ1) is 12.9. The van der Waals surface area contributed by atoms with Crippen molar-refractivity contribution in [1.82, 2.24) is 9.78 Å². The summed E-state index contributed by atoms with van der Waals surface area (Å²) in [6.45, 7) is 3.06. The van der Waals surface area contributed by atoms with Gasteiger partial charge in [-0.3, -0.25) is 0 Å². The van der Waals surface area contributed by atoms with Crippen LogP contribution in [-0.2, 0) is 25.8 Å². The minimum atomic E-state index is 0.832. The first-order valence-electron chi connectivity index (χ1n) is 9.82. The number of aromatic nitrogens is 2. The van der Waals surface area contributed by atoms with Gasteiger partial charge in [0.1, 0.15) is 0 Å². The quantitative estimate of drug-likeness (QED) is 0.655. The van der Waals surface area contributed by atoms with Crippen molar-refractivity contribution in [2.24, 2.45) is 0 Å². The molecule has 4 rings (SSSR count). The summed E-state index contributed by atoms with van der Waals surface area (Å²) in [5.74, 6) is 0. The van der Waals surface area contributed by atoms with Gasteiger partial charge in [0.05, 0.1) is 11.9 Å². The Morgan fingerprint density at radius 2 is 1.85 bits per heavy atom. The zero-order chi connectivity index (χ0) is 17.8. The Bertz CT molecular complexity index is 864. The van der Waals surface area contributed by atoms with Crippen molar-refractivity contribution in [2.75, 3.05) is 5.32 Å². The molecule has 0 radical (unpaired) electrons. The van der Waals surface area contributed by atoms with Crippen molar-refractivity contribution in [3.05, 3.63) is 77.1 Å². The van der Waals surface area contributed by atoms with Gasteiger partial charge in [-0.2, -0.15) is 5.10 Å². The molecule has 26 heavy (non-hydrogen) atoms. The van der Waals surface area contributed by atoms with Crippen LogP contribution in [0.5, 0.6) is 0 Å². The molecular formula is C23H27N3. The van der Waals surface area contributed by atoms with Crippen molar-refractivity contribution in [3.63, 3.8) is 0 Å². The zero-order valence-corrected chi connectivity index (χ0v) is 15.5. The number of hydrogen-bond donors (Lipinski definition) is 1. The molecule has 1 aromatic heterocycles. The van der Waals surface area contributed by atoms with E-state index in [1.165, 1.54) is 53.8 Å². The monoisotopic (exact) mass is 345 g/mol. The molecular weight excluding hydrogens is 318 g/mol. The van der Waals surface area contributed by atoms with Crippen LogP contribution in [0, 0.1) is 0 Å². The number of aryl methyl sites for hydroxylation is 1. The summed E-state index contributed by atoms with van der Waals surface area (Å²) >= 11 is 0. The van der Waals surface area contributed by atoms with Crippen LogP contribution in [0.25, 0.3) is 5.69 Å². The standard InChI is InChI=1S/C23H27N3/c1-2-9-23-19(17-25-26(23)20-12-4-3-5-13-20)16-24-22-15-8-11-18-10-6-7-14-21(18)22/h3-5,8,11-13,15,17,24H,2,6-7,9-10,14,16H2,1H3. The van der Waals surface area contributed by atoms with E-state index in [1.807, 2.05) is 12.3 Å². The fourth-order valence-electron chi connectivity index (χ4n) is 3.99. The maximum atomic E-state index is 4.68. The summed E-state index contributed by atoms with van der Waals surface area (Å²) in [7, 11) is 0. The van der Waals surface area contributed by atoms with Gasteiger partial charge in [-0.05, 0) is 61.4 Å². The summed E-state index contributed by atoms with van der Waals surface area (Å²) in [4.78, 5) is 0. The number of nitrogens with one attached hydrogen (secondary N) is 1. The Morgan fingerprint density at radius 1 is 1.00 bits per heavy atom. The molecule has 1 heterocycles. The van der Waals surface area contributed by atoms with Crippen LogP contribution in [0.3, 0.4) is 0 Å². The molecule has 1 aliphatic carbocycles. The third-order valence-corrected chi connectivity index (χ3v) is 5.31. The fourth-order valence-corrected chi connectivity index (χ4v) is 3.99. The topological polar surface area (TPSA) is 29.9 Å². The van der Waals surface area contributed by atoms with E-state index in [0.717, 1.165) is 25.1 Å². The Hall–Kier alpha value is -2.55. The third kappa shape index (κ3) is 3.39. The minimum absolute atomic E-state index is 0.832. The van der Waals surface area contributed by atoms with E-state index >= 15 is 0 Å². The molecule has 1 N–H and O–H groups in total. The first kappa shape index (κ1) is 16.9. The lowest BCUT2D eigenvalue weighted by Gasteiger charge is -2.20. The molecule has 0 unspecified atom stereocenters.